The summed E-state index contributed by atoms with van der Waals surface area (Å²) >= 11 is 14.4. The van der Waals surface area contributed by atoms with Crippen molar-refractivity contribution in [1.82, 2.24) is 3.71 Å². The molecule has 84 valence electrons. The molecule has 0 aromatic heterocycles. The summed E-state index contributed by atoms with van der Waals surface area (Å²) in [6.07, 6.45) is 0. The van der Waals surface area contributed by atoms with Gasteiger partial charge in [-0.25, -0.2) is 8.42 Å². The van der Waals surface area contributed by atoms with Gasteiger partial charge in [0.25, 0.3) is 10.0 Å². The second-order valence-corrected chi connectivity index (χ2v) is 7.13. The van der Waals surface area contributed by atoms with Crippen LogP contribution < -0.4 is 0 Å². The monoisotopic (exact) mass is 349 g/mol. The van der Waals surface area contributed by atoms with Crippen LogP contribution in [0.2, 0.25) is 10.0 Å². The number of nitrogens with zero attached hydrogens (tertiary/aromatic N) is 1. The zero-order valence-electron chi connectivity index (χ0n) is 7.45. The molecule has 0 atom stereocenters. The summed E-state index contributed by atoms with van der Waals surface area (Å²) in [5.41, 5.74) is 0. The Labute approximate surface area is 110 Å². The quantitative estimate of drug-likeness (QED) is 0.782. The fourth-order valence-corrected chi connectivity index (χ4v) is 3.94. The number of rotatable bonds is 3. The highest BCUT2D eigenvalue weighted by Crippen LogP contribution is 2.29. The van der Waals surface area contributed by atoms with Gasteiger partial charge in [-0.1, -0.05) is 23.2 Å². The maximum Gasteiger partial charge on any atom is 0.252 e. The third kappa shape index (κ3) is 3.01. The van der Waals surface area contributed by atoms with E-state index in [0.717, 1.165) is 14.1 Å². The molecule has 0 bridgehead atoms. The van der Waals surface area contributed by atoms with Gasteiger partial charge >= 0.3 is 0 Å². The van der Waals surface area contributed by atoms with Gasteiger partial charge in [0, 0.05) is 32.2 Å². The minimum atomic E-state index is -3.52. The number of benzene rings is 1. The van der Waals surface area contributed by atoms with Crippen LogP contribution in [0, 0.1) is 0 Å². The second-order valence-electron chi connectivity index (χ2n) is 2.56. The Hall–Kier alpha value is 0.540. The molecule has 0 saturated heterocycles. The fraction of sp³-hybridized carbons (Fsp3) is 0.143. The molecule has 15 heavy (non-hydrogen) atoms. The number of hydrogen-bond acceptors (Lipinski definition) is 3. The molecule has 0 unspecified atom stereocenters. The highest BCUT2D eigenvalue weighted by molar-refractivity contribution is 9.50. The second kappa shape index (κ2) is 5.25. The van der Waals surface area contributed by atoms with E-state index in [1.54, 1.807) is 0 Å². The van der Waals surface area contributed by atoms with Crippen LogP contribution in [0.1, 0.15) is 0 Å². The Bertz CT molecular complexity index is 466. The smallest absolute Gasteiger partial charge is 0.206 e. The number of hydrogen-bond donors (Lipinski definition) is 0. The predicted octanol–water partition coefficient (Wildman–Crippen LogP) is 3.57. The molecule has 0 amide bonds. The Balaban J connectivity index is 3.23. The summed E-state index contributed by atoms with van der Waals surface area (Å²) in [6.45, 7) is 0. The first-order valence-electron chi connectivity index (χ1n) is 3.62. The fourth-order valence-electron chi connectivity index (χ4n) is 0.823. The van der Waals surface area contributed by atoms with E-state index in [-0.39, 0.29) is 9.92 Å². The van der Waals surface area contributed by atoms with E-state index >= 15 is 0 Å². The molecular weight excluding hydrogens is 345 g/mol. The molecule has 0 aliphatic heterocycles. The van der Waals surface area contributed by atoms with E-state index in [1.807, 2.05) is 0 Å². The molecule has 3 nitrogen and oxygen atoms in total. The van der Waals surface area contributed by atoms with Crippen molar-refractivity contribution < 1.29 is 8.42 Å². The molecule has 0 fully saturated rings. The third-order valence-corrected chi connectivity index (χ3v) is 6.77. The first kappa shape index (κ1) is 13.6. The van der Waals surface area contributed by atoms with Crippen LogP contribution in [0.3, 0.4) is 0 Å². The van der Waals surface area contributed by atoms with Gasteiger partial charge in [0.2, 0.25) is 0 Å². The van der Waals surface area contributed by atoms with Crippen molar-refractivity contribution in [2.75, 3.05) is 7.05 Å². The lowest BCUT2D eigenvalue weighted by Crippen LogP contribution is -2.18. The number of sulfonamides is 1. The van der Waals surface area contributed by atoms with Crippen molar-refractivity contribution in [3.05, 3.63) is 28.2 Å². The minimum absolute atomic E-state index is 0.103. The Morgan fingerprint density at radius 2 is 1.93 bits per heavy atom. The van der Waals surface area contributed by atoms with Gasteiger partial charge in [-0.05, 0) is 18.2 Å². The Morgan fingerprint density at radius 1 is 1.33 bits per heavy atom. The van der Waals surface area contributed by atoms with Crippen LogP contribution in [0.25, 0.3) is 0 Å². The predicted molar refractivity (Wildman–Crippen MR) is 67.9 cm³/mol. The molecule has 0 N–H and O–H groups in total. The average Bonchev–Trinajstić information content (AvgIpc) is 2.20. The van der Waals surface area contributed by atoms with Gasteiger partial charge in [0.1, 0.15) is 0 Å². The Morgan fingerprint density at radius 3 is 2.40 bits per heavy atom. The lowest BCUT2D eigenvalue weighted by Gasteiger charge is -2.12. The molecular formula is C7H6BrCl2NO2S2. The normalized spacial score (nSPS) is 12.1. The molecule has 0 heterocycles. The lowest BCUT2D eigenvalue weighted by atomic mass is 10.4. The highest BCUT2D eigenvalue weighted by Gasteiger charge is 2.21. The summed E-state index contributed by atoms with van der Waals surface area (Å²) in [6, 6.07) is 4.17. The van der Waals surface area contributed by atoms with Crippen LogP contribution in [-0.4, -0.2) is 19.2 Å². The van der Waals surface area contributed by atoms with Gasteiger partial charge in [0.05, 0.1) is 14.9 Å². The van der Waals surface area contributed by atoms with Crippen molar-refractivity contribution in [3.8, 4) is 0 Å². The van der Waals surface area contributed by atoms with E-state index in [9.17, 15) is 8.42 Å². The van der Waals surface area contributed by atoms with Gasteiger partial charge < -0.3 is 0 Å². The molecule has 1 aromatic rings. The van der Waals surface area contributed by atoms with Crippen LogP contribution in [0.5, 0.6) is 0 Å². The van der Waals surface area contributed by atoms with Crippen molar-refractivity contribution in [1.29, 1.82) is 0 Å². The average molecular weight is 351 g/mol. The molecule has 1 rings (SSSR count). The van der Waals surface area contributed by atoms with Crippen molar-refractivity contribution in [3.63, 3.8) is 0 Å². The Kier molecular flexibility index (Phi) is 4.76. The summed E-state index contributed by atoms with van der Waals surface area (Å²) in [5, 5.41) is 0.537. The molecule has 0 spiro atoms. The molecule has 1 aromatic carbocycles. The summed E-state index contributed by atoms with van der Waals surface area (Å²) < 4.78 is 24.7. The SMILES string of the molecule is CN(SBr)S(=O)(=O)c1ccc(Cl)c(Cl)c1. The zero-order chi connectivity index (χ0) is 11.6. The van der Waals surface area contributed by atoms with Crippen molar-refractivity contribution >= 4 is 58.4 Å². The maximum atomic E-state index is 11.8. The van der Waals surface area contributed by atoms with E-state index in [2.05, 4.69) is 14.8 Å². The van der Waals surface area contributed by atoms with Crippen molar-refractivity contribution in [2.45, 2.75) is 4.90 Å². The lowest BCUT2D eigenvalue weighted by molar-refractivity contribution is 0.565. The first-order chi connectivity index (χ1) is 6.89. The van der Waals surface area contributed by atoms with E-state index in [4.69, 9.17) is 23.2 Å². The third-order valence-electron chi connectivity index (χ3n) is 1.62. The van der Waals surface area contributed by atoms with E-state index < -0.39 is 10.0 Å². The van der Waals surface area contributed by atoms with E-state index in [1.165, 1.54) is 25.2 Å². The first-order valence-corrected chi connectivity index (χ1v) is 8.43. The summed E-state index contributed by atoms with van der Waals surface area (Å²) in [7, 11) is -1.18. The van der Waals surface area contributed by atoms with Gasteiger partial charge in [0.15, 0.2) is 0 Å². The molecule has 8 heteroatoms. The van der Waals surface area contributed by atoms with Crippen LogP contribution in [0.4, 0.5) is 0 Å². The largest absolute Gasteiger partial charge is 0.252 e. The highest BCUT2D eigenvalue weighted by atomic mass is 79.9. The number of halogens is 3. The van der Waals surface area contributed by atoms with Crippen LogP contribution in [0.15, 0.2) is 23.1 Å². The van der Waals surface area contributed by atoms with Crippen LogP contribution >= 0.6 is 48.4 Å². The minimum Gasteiger partial charge on any atom is -0.206 e. The van der Waals surface area contributed by atoms with Crippen LogP contribution in [-0.2, 0) is 10.0 Å². The topological polar surface area (TPSA) is 37.4 Å². The maximum absolute atomic E-state index is 11.8. The summed E-state index contributed by atoms with van der Waals surface area (Å²) in [4.78, 5) is 0.103. The van der Waals surface area contributed by atoms with Gasteiger partial charge in [-0.2, -0.15) is 0 Å². The van der Waals surface area contributed by atoms with Crippen molar-refractivity contribution in [2.24, 2.45) is 0 Å². The van der Waals surface area contributed by atoms with E-state index in [0.29, 0.717) is 5.02 Å². The van der Waals surface area contributed by atoms with Gasteiger partial charge in [-0.15, -0.1) is 3.71 Å². The molecule has 0 aliphatic rings. The molecule has 0 aliphatic carbocycles. The molecule has 0 saturated carbocycles. The van der Waals surface area contributed by atoms with Gasteiger partial charge in [-0.3, -0.25) is 0 Å². The zero-order valence-corrected chi connectivity index (χ0v) is 12.2. The standard InChI is InChI=1S/C7H6BrCl2NO2S2/c1-11(14-8)15(12,13)5-2-3-6(9)7(10)4-5/h2-4H,1H3. The molecule has 0 radical (unpaired) electrons. The summed E-state index contributed by atoms with van der Waals surface area (Å²) in [5.74, 6) is 0.